The first-order valence-electron chi connectivity index (χ1n) is 6.04. The van der Waals surface area contributed by atoms with Crippen LogP contribution in [0.25, 0.3) is 0 Å². The maximum Gasteiger partial charge on any atom is 0.123 e. The maximum atomic E-state index is 6.07. The highest BCUT2D eigenvalue weighted by molar-refractivity contribution is 7.99. The van der Waals surface area contributed by atoms with E-state index in [2.05, 4.69) is 10.9 Å². The summed E-state index contributed by atoms with van der Waals surface area (Å²) in [6, 6.07) is 8.14. The van der Waals surface area contributed by atoms with Crippen molar-refractivity contribution in [3.63, 3.8) is 0 Å². The van der Waals surface area contributed by atoms with Crippen molar-refractivity contribution in [1.82, 2.24) is 0 Å². The quantitative estimate of drug-likeness (QED) is 0.818. The highest BCUT2D eigenvalue weighted by atomic mass is 32.2. The van der Waals surface area contributed by atoms with Gasteiger partial charge in [0, 0.05) is 12.2 Å². The van der Waals surface area contributed by atoms with Crippen LogP contribution >= 0.6 is 11.8 Å². The number of hydrogen-bond acceptors (Lipinski definition) is 4. The van der Waals surface area contributed by atoms with Crippen molar-refractivity contribution < 1.29 is 9.57 Å². The minimum Gasteiger partial charge on any atom is -0.489 e. The standard InChI is InChI=1S/C13H19NO2S/c14-15-8-7-11-4-1-2-6-13(11)16-12-5-3-9-17-10-12/h1-2,4,6,12H,3,5,7-10,14H2. The van der Waals surface area contributed by atoms with E-state index in [0.29, 0.717) is 12.7 Å². The van der Waals surface area contributed by atoms with Gasteiger partial charge < -0.3 is 9.57 Å². The van der Waals surface area contributed by atoms with Gasteiger partial charge in [-0.1, -0.05) is 18.2 Å². The summed E-state index contributed by atoms with van der Waals surface area (Å²) in [6.07, 6.45) is 3.57. The van der Waals surface area contributed by atoms with Crippen LogP contribution in [0.15, 0.2) is 24.3 Å². The van der Waals surface area contributed by atoms with Gasteiger partial charge in [0.2, 0.25) is 0 Å². The Morgan fingerprint density at radius 2 is 2.24 bits per heavy atom. The molecule has 2 rings (SSSR count). The number of rotatable bonds is 5. The minimum atomic E-state index is 0.355. The molecule has 3 nitrogen and oxygen atoms in total. The van der Waals surface area contributed by atoms with Gasteiger partial charge in [0.15, 0.2) is 0 Å². The molecule has 1 atom stereocenters. The molecular weight excluding hydrogens is 234 g/mol. The normalized spacial score (nSPS) is 20.2. The summed E-state index contributed by atoms with van der Waals surface area (Å²) in [6.45, 7) is 0.528. The fraction of sp³-hybridized carbons (Fsp3) is 0.538. The largest absolute Gasteiger partial charge is 0.489 e. The lowest BCUT2D eigenvalue weighted by Crippen LogP contribution is -2.24. The summed E-state index contributed by atoms with van der Waals surface area (Å²) in [4.78, 5) is 4.63. The molecule has 4 heteroatoms. The van der Waals surface area contributed by atoms with Gasteiger partial charge in [0.1, 0.15) is 11.9 Å². The fourth-order valence-corrected chi connectivity index (χ4v) is 3.01. The lowest BCUT2D eigenvalue weighted by molar-refractivity contribution is 0.139. The van der Waals surface area contributed by atoms with Crippen LogP contribution < -0.4 is 10.6 Å². The molecule has 1 aromatic carbocycles. The van der Waals surface area contributed by atoms with Gasteiger partial charge >= 0.3 is 0 Å². The van der Waals surface area contributed by atoms with Crippen LogP contribution in [-0.4, -0.2) is 24.2 Å². The van der Waals surface area contributed by atoms with Crippen molar-refractivity contribution in [2.24, 2.45) is 5.90 Å². The van der Waals surface area contributed by atoms with Crippen LogP contribution in [0.5, 0.6) is 5.75 Å². The second kappa shape index (κ2) is 6.89. The third-order valence-corrected chi connectivity index (χ3v) is 4.06. The van der Waals surface area contributed by atoms with E-state index in [0.717, 1.165) is 24.3 Å². The first-order valence-corrected chi connectivity index (χ1v) is 7.19. The fourth-order valence-electron chi connectivity index (χ4n) is 1.98. The molecule has 0 amide bonds. The zero-order chi connectivity index (χ0) is 11.9. The van der Waals surface area contributed by atoms with Gasteiger partial charge in [-0.15, -0.1) is 0 Å². The summed E-state index contributed by atoms with van der Waals surface area (Å²) in [5.74, 6) is 8.42. The van der Waals surface area contributed by atoms with Gasteiger partial charge in [-0.2, -0.15) is 11.8 Å². The summed E-state index contributed by atoms with van der Waals surface area (Å²) in [7, 11) is 0. The number of nitrogens with two attached hydrogens (primary N) is 1. The number of benzene rings is 1. The van der Waals surface area contributed by atoms with Crippen LogP contribution in [-0.2, 0) is 11.3 Å². The molecule has 1 aromatic rings. The lowest BCUT2D eigenvalue weighted by atomic mass is 10.1. The second-order valence-corrected chi connectivity index (χ2v) is 5.34. The summed E-state index contributed by atoms with van der Waals surface area (Å²) in [5, 5.41) is 0. The van der Waals surface area contributed by atoms with Crippen molar-refractivity contribution in [3.05, 3.63) is 29.8 Å². The molecule has 0 aliphatic carbocycles. The summed E-state index contributed by atoms with van der Waals surface area (Å²) < 4.78 is 6.07. The molecule has 0 spiro atoms. The molecule has 1 heterocycles. The van der Waals surface area contributed by atoms with Gasteiger partial charge in [-0.3, -0.25) is 0 Å². The molecule has 0 radical (unpaired) electrons. The Bertz CT molecular complexity index is 340. The monoisotopic (exact) mass is 253 g/mol. The van der Waals surface area contributed by atoms with Crippen LogP contribution in [0.2, 0.25) is 0 Å². The van der Waals surface area contributed by atoms with Gasteiger partial charge in [-0.25, -0.2) is 5.90 Å². The van der Waals surface area contributed by atoms with E-state index in [9.17, 15) is 0 Å². The maximum absolute atomic E-state index is 6.07. The Hall–Kier alpha value is -0.710. The van der Waals surface area contributed by atoms with E-state index in [1.165, 1.54) is 17.7 Å². The van der Waals surface area contributed by atoms with Gasteiger partial charge in [-0.05, 0) is 30.2 Å². The van der Waals surface area contributed by atoms with E-state index in [-0.39, 0.29) is 0 Å². The first-order chi connectivity index (χ1) is 8.40. The topological polar surface area (TPSA) is 44.5 Å². The molecule has 1 aliphatic heterocycles. The number of thioether (sulfide) groups is 1. The molecule has 17 heavy (non-hydrogen) atoms. The average molecular weight is 253 g/mol. The first kappa shape index (κ1) is 12.7. The molecule has 2 N–H and O–H groups in total. The van der Waals surface area contributed by atoms with Crippen molar-refractivity contribution in [2.45, 2.75) is 25.4 Å². The van der Waals surface area contributed by atoms with Crippen LogP contribution in [0.1, 0.15) is 18.4 Å². The van der Waals surface area contributed by atoms with Crippen LogP contribution in [0.3, 0.4) is 0 Å². The average Bonchev–Trinajstić information content (AvgIpc) is 2.39. The molecule has 1 saturated heterocycles. The molecule has 0 bridgehead atoms. The second-order valence-electron chi connectivity index (χ2n) is 4.19. The van der Waals surface area contributed by atoms with E-state index < -0.39 is 0 Å². The van der Waals surface area contributed by atoms with Crippen molar-refractivity contribution in [1.29, 1.82) is 0 Å². The Morgan fingerprint density at radius 1 is 1.35 bits per heavy atom. The minimum absolute atomic E-state index is 0.355. The van der Waals surface area contributed by atoms with Crippen molar-refractivity contribution in [2.75, 3.05) is 18.1 Å². The van der Waals surface area contributed by atoms with Crippen molar-refractivity contribution in [3.8, 4) is 5.75 Å². The van der Waals surface area contributed by atoms with E-state index >= 15 is 0 Å². The Balaban J connectivity index is 1.98. The smallest absolute Gasteiger partial charge is 0.123 e. The lowest BCUT2D eigenvalue weighted by Gasteiger charge is -2.24. The molecule has 0 saturated carbocycles. The zero-order valence-corrected chi connectivity index (χ0v) is 10.7. The Morgan fingerprint density at radius 3 is 3.00 bits per heavy atom. The van der Waals surface area contributed by atoms with E-state index in [1.807, 2.05) is 30.0 Å². The summed E-state index contributed by atoms with van der Waals surface area (Å²) >= 11 is 1.98. The molecule has 1 aliphatic rings. The third-order valence-electron chi connectivity index (χ3n) is 2.87. The summed E-state index contributed by atoms with van der Waals surface area (Å²) in [5.41, 5.74) is 1.17. The molecule has 0 aromatic heterocycles. The third kappa shape index (κ3) is 3.91. The molecular formula is C13H19NO2S. The van der Waals surface area contributed by atoms with Crippen LogP contribution in [0.4, 0.5) is 0 Å². The predicted molar refractivity (Wildman–Crippen MR) is 71.3 cm³/mol. The Kier molecular flexibility index (Phi) is 5.16. The Labute approximate surface area is 107 Å². The van der Waals surface area contributed by atoms with Crippen LogP contribution in [0, 0.1) is 0 Å². The molecule has 94 valence electrons. The zero-order valence-electron chi connectivity index (χ0n) is 9.93. The predicted octanol–water partition coefficient (Wildman–Crippen LogP) is 2.39. The van der Waals surface area contributed by atoms with Gasteiger partial charge in [0.05, 0.1) is 6.61 Å². The molecule has 1 unspecified atom stereocenters. The highest BCUT2D eigenvalue weighted by Gasteiger charge is 2.16. The van der Waals surface area contributed by atoms with Crippen molar-refractivity contribution >= 4 is 11.8 Å². The van der Waals surface area contributed by atoms with E-state index in [4.69, 9.17) is 10.6 Å². The molecule has 1 fully saturated rings. The van der Waals surface area contributed by atoms with Gasteiger partial charge in [0.25, 0.3) is 0 Å². The van der Waals surface area contributed by atoms with E-state index in [1.54, 1.807) is 0 Å². The number of ether oxygens (including phenoxy) is 1. The SMILES string of the molecule is NOCCc1ccccc1OC1CCCSC1. The number of hydrogen-bond donors (Lipinski definition) is 1. The number of para-hydroxylation sites is 1. The highest BCUT2D eigenvalue weighted by Crippen LogP contribution is 2.25.